The normalized spacial score (nSPS) is 12.6. The standard InChI is InChI=1S/C12H13BrN2O2S/c1-2-17-18(16)11-10(14-15-12(11)13)8-9-6-4-3-5-7-9/h3-7H,2,8H2,1H3,(H,14,15). The first-order valence-corrected chi connectivity index (χ1v) is 7.41. The molecule has 0 fully saturated rings. The van der Waals surface area contributed by atoms with Crippen molar-refractivity contribution in [3.63, 3.8) is 0 Å². The lowest BCUT2D eigenvalue weighted by atomic mass is 10.1. The smallest absolute Gasteiger partial charge is 0.193 e. The van der Waals surface area contributed by atoms with Crippen LogP contribution >= 0.6 is 15.9 Å². The molecule has 1 atom stereocenters. The van der Waals surface area contributed by atoms with E-state index in [0.717, 1.165) is 11.3 Å². The predicted molar refractivity (Wildman–Crippen MR) is 73.6 cm³/mol. The monoisotopic (exact) mass is 328 g/mol. The van der Waals surface area contributed by atoms with Gasteiger partial charge in [-0.1, -0.05) is 30.3 Å². The van der Waals surface area contributed by atoms with Crippen LogP contribution in [-0.2, 0) is 21.7 Å². The molecule has 1 heterocycles. The Hall–Kier alpha value is -0.980. The molecule has 1 unspecified atom stereocenters. The molecule has 0 radical (unpaired) electrons. The number of aromatic nitrogens is 2. The van der Waals surface area contributed by atoms with Crippen molar-refractivity contribution in [3.8, 4) is 0 Å². The molecule has 0 aliphatic carbocycles. The van der Waals surface area contributed by atoms with Crippen molar-refractivity contribution in [2.45, 2.75) is 18.2 Å². The molecule has 0 amide bonds. The lowest BCUT2D eigenvalue weighted by Crippen LogP contribution is -2.01. The van der Waals surface area contributed by atoms with Crippen LogP contribution in [0, 0.1) is 0 Å². The fraction of sp³-hybridized carbons (Fsp3) is 0.250. The van der Waals surface area contributed by atoms with Crippen LogP contribution in [0.4, 0.5) is 0 Å². The molecule has 6 heteroatoms. The molecule has 0 spiro atoms. The number of rotatable bonds is 5. The molecular weight excluding hydrogens is 316 g/mol. The molecule has 1 aromatic carbocycles. The van der Waals surface area contributed by atoms with Gasteiger partial charge in [0, 0.05) is 6.42 Å². The molecule has 0 saturated carbocycles. The van der Waals surface area contributed by atoms with Crippen molar-refractivity contribution >= 4 is 27.0 Å². The second-order valence-electron chi connectivity index (χ2n) is 3.62. The minimum Gasteiger partial charge on any atom is -0.287 e. The van der Waals surface area contributed by atoms with Gasteiger partial charge in [0.15, 0.2) is 11.1 Å². The third-order valence-electron chi connectivity index (χ3n) is 2.36. The first kappa shape index (κ1) is 13.5. The maximum atomic E-state index is 11.9. The van der Waals surface area contributed by atoms with Crippen LogP contribution in [0.15, 0.2) is 39.8 Å². The largest absolute Gasteiger partial charge is 0.287 e. The summed E-state index contributed by atoms with van der Waals surface area (Å²) < 4.78 is 17.7. The summed E-state index contributed by atoms with van der Waals surface area (Å²) in [7, 11) is 0. The molecule has 96 valence electrons. The van der Waals surface area contributed by atoms with E-state index in [1.807, 2.05) is 37.3 Å². The van der Waals surface area contributed by atoms with Crippen LogP contribution in [-0.4, -0.2) is 21.0 Å². The van der Waals surface area contributed by atoms with Crippen LogP contribution in [0.2, 0.25) is 0 Å². The summed E-state index contributed by atoms with van der Waals surface area (Å²) in [4.78, 5) is 0.584. The second-order valence-corrected chi connectivity index (χ2v) is 5.52. The summed E-state index contributed by atoms with van der Waals surface area (Å²) in [5.41, 5.74) is 1.85. The maximum absolute atomic E-state index is 11.9. The van der Waals surface area contributed by atoms with Gasteiger partial charge in [0.2, 0.25) is 0 Å². The van der Waals surface area contributed by atoms with Crippen LogP contribution in [0.25, 0.3) is 0 Å². The average molecular weight is 329 g/mol. The molecule has 0 bridgehead atoms. The van der Waals surface area contributed by atoms with E-state index < -0.39 is 11.1 Å². The molecule has 1 N–H and O–H groups in total. The summed E-state index contributed by atoms with van der Waals surface area (Å²) >= 11 is 1.82. The van der Waals surface area contributed by atoms with Gasteiger partial charge in [-0.2, -0.15) is 5.10 Å². The van der Waals surface area contributed by atoms with Crippen molar-refractivity contribution < 1.29 is 8.39 Å². The van der Waals surface area contributed by atoms with Gasteiger partial charge in [-0.3, -0.25) is 9.28 Å². The van der Waals surface area contributed by atoms with Gasteiger partial charge < -0.3 is 0 Å². The Kier molecular flexibility index (Phi) is 4.68. The highest BCUT2D eigenvalue weighted by Crippen LogP contribution is 2.24. The Labute approximate surface area is 117 Å². The lowest BCUT2D eigenvalue weighted by molar-refractivity contribution is 0.371. The zero-order valence-corrected chi connectivity index (χ0v) is 12.3. The average Bonchev–Trinajstić information content (AvgIpc) is 2.72. The fourth-order valence-electron chi connectivity index (χ4n) is 1.59. The zero-order valence-electron chi connectivity index (χ0n) is 9.85. The summed E-state index contributed by atoms with van der Waals surface area (Å²) in [6.07, 6.45) is 0.622. The van der Waals surface area contributed by atoms with Gasteiger partial charge in [-0.15, -0.1) is 0 Å². The van der Waals surface area contributed by atoms with E-state index >= 15 is 0 Å². The first-order chi connectivity index (χ1) is 8.72. The highest BCUT2D eigenvalue weighted by molar-refractivity contribution is 9.10. The van der Waals surface area contributed by atoms with Gasteiger partial charge in [0.1, 0.15) is 9.50 Å². The quantitative estimate of drug-likeness (QED) is 0.918. The SMILES string of the molecule is CCOS(=O)c1c(Cc2ccccc2)n[nH]c1Br. The van der Waals surface area contributed by atoms with Crippen LogP contribution in [0.3, 0.4) is 0 Å². The molecule has 18 heavy (non-hydrogen) atoms. The van der Waals surface area contributed by atoms with Crippen molar-refractivity contribution in [2.75, 3.05) is 6.61 Å². The summed E-state index contributed by atoms with van der Waals surface area (Å²) in [6, 6.07) is 9.92. The Morgan fingerprint density at radius 1 is 1.39 bits per heavy atom. The third-order valence-corrected chi connectivity index (χ3v) is 4.42. The molecule has 0 saturated heterocycles. The number of halogens is 1. The molecule has 0 aliphatic heterocycles. The zero-order chi connectivity index (χ0) is 13.0. The topological polar surface area (TPSA) is 55.0 Å². The van der Waals surface area contributed by atoms with E-state index in [0.29, 0.717) is 22.5 Å². The fourth-order valence-corrected chi connectivity index (χ4v) is 3.14. The minimum absolute atomic E-state index is 0.398. The van der Waals surface area contributed by atoms with E-state index in [1.165, 1.54) is 0 Å². The number of H-pyrrole nitrogens is 1. The highest BCUT2D eigenvalue weighted by atomic mass is 79.9. The van der Waals surface area contributed by atoms with E-state index in [4.69, 9.17) is 4.18 Å². The maximum Gasteiger partial charge on any atom is 0.193 e. The van der Waals surface area contributed by atoms with E-state index in [2.05, 4.69) is 26.1 Å². The molecule has 1 aromatic heterocycles. The van der Waals surface area contributed by atoms with Gasteiger partial charge >= 0.3 is 0 Å². The van der Waals surface area contributed by atoms with Crippen molar-refractivity contribution in [1.82, 2.24) is 10.2 Å². The van der Waals surface area contributed by atoms with E-state index in [9.17, 15) is 4.21 Å². The van der Waals surface area contributed by atoms with Crippen LogP contribution < -0.4 is 0 Å². The molecule has 2 aromatic rings. The molecule has 0 aliphatic rings. The van der Waals surface area contributed by atoms with Crippen LogP contribution in [0.5, 0.6) is 0 Å². The van der Waals surface area contributed by atoms with E-state index in [1.54, 1.807) is 0 Å². The van der Waals surface area contributed by atoms with Crippen LogP contribution in [0.1, 0.15) is 18.2 Å². The Morgan fingerprint density at radius 2 is 2.11 bits per heavy atom. The number of nitrogens with zero attached hydrogens (tertiary/aromatic N) is 1. The highest BCUT2D eigenvalue weighted by Gasteiger charge is 2.18. The van der Waals surface area contributed by atoms with Gasteiger partial charge in [-0.25, -0.2) is 4.21 Å². The summed E-state index contributed by atoms with van der Waals surface area (Å²) in [5.74, 6) is 0. The number of hydrogen-bond donors (Lipinski definition) is 1. The van der Waals surface area contributed by atoms with Crippen molar-refractivity contribution in [2.24, 2.45) is 0 Å². The molecule has 2 rings (SSSR count). The number of benzene rings is 1. The number of hydrogen-bond acceptors (Lipinski definition) is 3. The van der Waals surface area contributed by atoms with Crippen molar-refractivity contribution in [1.29, 1.82) is 0 Å². The number of aromatic amines is 1. The lowest BCUT2D eigenvalue weighted by Gasteiger charge is -2.03. The minimum atomic E-state index is -1.49. The van der Waals surface area contributed by atoms with Gasteiger partial charge in [0.05, 0.1) is 12.3 Å². The van der Waals surface area contributed by atoms with Crippen molar-refractivity contribution in [3.05, 3.63) is 46.2 Å². The predicted octanol–water partition coefficient (Wildman–Crippen LogP) is 2.82. The number of nitrogens with one attached hydrogen (secondary N) is 1. The third kappa shape index (κ3) is 3.07. The Balaban J connectivity index is 2.26. The molecular formula is C12H13BrN2O2S. The Bertz CT molecular complexity index is 542. The van der Waals surface area contributed by atoms with Gasteiger partial charge in [-0.05, 0) is 28.4 Å². The Morgan fingerprint density at radius 3 is 2.78 bits per heavy atom. The summed E-state index contributed by atoms with van der Waals surface area (Å²) in [5, 5.41) is 6.96. The van der Waals surface area contributed by atoms with Gasteiger partial charge in [0.25, 0.3) is 0 Å². The summed E-state index contributed by atoms with van der Waals surface area (Å²) in [6.45, 7) is 2.21. The second kappa shape index (κ2) is 6.26. The van der Waals surface area contributed by atoms with E-state index in [-0.39, 0.29) is 0 Å². The molecule has 4 nitrogen and oxygen atoms in total. The first-order valence-electron chi connectivity index (χ1n) is 5.54.